The Balaban J connectivity index is 1.49. The number of para-hydroxylation sites is 2. The van der Waals surface area contributed by atoms with Gasteiger partial charge in [0.15, 0.2) is 0 Å². The van der Waals surface area contributed by atoms with E-state index in [-0.39, 0.29) is 17.2 Å². The number of hydrogen-bond donors (Lipinski definition) is 2. The highest BCUT2D eigenvalue weighted by molar-refractivity contribution is 7.93. The molecule has 2 aliphatic heterocycles. The second-order valence-corrected chi connectivity index (χ2v) is 12.4. The number of piperidine rings is 1. The van der Waals surface area contributed by atoms with Gasteiger partial charge in [-0.05, 0) is 74.4 Å². The van der Waals surface area contributed by atoms with Gasteiger partial charge in [-0.2, -0.15) is 0 Å². The van der Waals surface area contributed by atoms with Crippen molar-refractivity contribution in [2.75, 3.05) is 29.3 Å². The van der Waals surface area contributed by atoms with E-state index in [4.69, 9.17) is 11.6 Å². The van der Waals surface area contributed by atoms with Crippen molar-refractivity contribution in [2.45, 2.75) is 63.8 Å². The molecule has 0 aliphatic carbocycles. The van der Waals surface area contributed by atoms with Gasteiger partial charge >= 0.3 is 0 Å². The number of carbonyl (C=O) groups is 3. The fourth-order valence-electron chi connectivity index (χ4n) is 5.23. The van der Waals surface area contributed by atoms with Crippen molar-refractivity contribution in [1.82, 2.24) is 10.2 Å². The molecule has 0 saturated carbocycles. The molecule has 0 aromatic heterocycles. The maximum Gasteiger partial charge on any atom is 0.265 e. The van der Waals surface area contributed by atoms with E-state index in [1.54, 1.807) is 44.2 Å². The standard InChI is InChI=1S/C28H35ClN4O5S/c1-4-27(35)32-13-10-20(11-14-32)9-12-30-26(34)17-24-28(36)31-22-7-5-6-8-23(22)33(24)39(37,38)25-16-18(2)21(29)15-19(25)3/h5-8,15-16,20,24H,4,9-14,17H2,1-3H3,(H,30,34)(H,31,36). The van der Waals surface area contributed by atoms with E-state index in [0.29, 0.717) is 46.4 Å². The van der Waals surface area contributed by atoms with Crippen LogP contribution < -0.4 is 14.9 Å². The maximum atomic E-state index is 14.0. The van der Waals surface area contributed by atoms with Crippen LogP contribution in [0.5, 0.6) is 0 Å². The Hall–Kier alpha value is -3.11. The van der Waals surface area contributed by atoms with Crippen LogP contribution in [-0.2, 0) is 24.4 Å². The number of halogens is 1. The zero-order valence-corrected chi connectivity index (χ0v) is 24.1. The second kappa shape index (κ2) is 12.0. The van der Waals surface area contributed by atoms with Crippen molar-refractivity contribution < 1.29 is 22.8 Å². The van der Waals surface area contributed by atoms with Crippen molar-refractivity contribution in [3.05, 3.63) is 52.5 Å². The van der Waals surface area contributed by atoms with E-state index in [9.17, 15) is 22.8 Å². The molecule has 0 radical (unpaired) electrons. The number of carbonyl (C=O) groups excluding carboxylic acids is 3. The Morgan fingerprint density at radius 2 is 1.79 bits per heavy atom. The Bertz CT molecular complexity index is 1370. The second-order valence-electron chi connectivity index (χ2n) is 10.2. The molecule has 1 fully saturated rings. The zero-order chi connectivity index (χ0) is 28.3. The average Bonchev–Trinajstić information content (AvgIpc) is 2.90. The number of aryl methyl sites for hydroxylation is 2. The SMILES string of the molecule is CCC(=O)N1CCC(CCNC(=O)CC2C(=O)Nc3ccccc3N2S(=O)(=O)c2cc(C)c(Cl)cc2C)CC1. The molecule has 2 aliphatic rings. The van der Waals surface area contributed by atoms with Gasteiger partial charge in [-0.25, -0.2) is 8.42 Å². The number of hydrogen-bond acceptors (Lipinski definition) is 5. The summed E-state index contributed by atoms with van der Waals surface area (Å²) in [5.74, 6) is -0.414. The topological polar surface area (TPSA) is 116 Å². The molecule has 4 rings (SSSR count). The number of likely N-dealkylation sites (tertiary alicyclic amines) is 1. The summed E-state index contributed by atoms with van der Waals surface area (Å²) in [6, 6.07) is 8.47. The number of nitrogens with one attached hydrogen (secondary N) is 2. The molecule has 0 bridgehead atoms. The number of nitrogens with zero attached hydrogens (tertiary/aromatic N) is 2. The van der Waals surface area contributed by atoms with Gasteiger partial charge in [-0.15, -0.1) is 0 Å². The summed E-state index contributed by atoms with van der Waals surface area (Å²) in [5, 5.41) is 6.07. The maximum absolute atomic E-state index is 14.0. The molecule has 2 heterocycles. The summed E-state index contributed by atoms with van der Waals surface area (Å²) < 4.78 is 29.1. The van der Waals surface area contributed by atoms with Gasteiger partial charge in [0.05, 0.1) is 22.7 Å². The molecule has 39 heavy (non-hydrogen) atoms. The van der Waals surface area contributed by atoms with Crippen LogP contribution >= 0.6 is 11.6 Å². The van der Waals surface area contributed by atoms with Crippen molar-refractivity contribution in [2.24, 2.45) is 5.92 Å². The summed E-state index contributed by atoms with van der Waals surface area (Å²) >= 11 is 6.21. The molecule has 1 saturated heterocycles. The third-order valence-electron chi connectivity index (χ3n) is 7.50. The summed E-state index contributed by atoms with van der Waals surface area (Å²) in [7, 11) is -4.22. The van der Waals surface area contributed by atoms with Gasteiger partial charge in [0.2, 0.25) is 17.7 Å². The molecule has 0 spiro atoms. The van der Waals surface area contributed by atoms with Gasteiger partial charge in [0, 0.05) is 31.1 Å². The van der Waals surface area contributed by atoms with Crippen molar-refractivity contribution in [3.63, 3.8) is 0 Å². The first-order valence-corrected chi connectivity index (χ1v) is 15.1. The highest BCUT2D eigenvalue weighted by atomic mass is 35.5. The Kier molecular flexibility index (Phi) is 8.86. The van der Waals surface area contributed by atoms with Gasteiger partial charge in [-0.1, -0.05) is 30.7 Å². The molecule has 210 valence electrons. The molecule has 3 amide bonds. The van der Waals surface area contributed by atoms with Crippen LogP contribution in [0.3, 0.4) is 0 Å². The fraction of sp³-hybridized carbons (Fsp3) is 0.464. The first kappa shape index (κ1) is 28.9. The molecule has 2 N–H and O–H groups in total. The van der Waals surface area contributed by atoms with Gasteiger partial charge in [0.1, 0.15) is 6.04 Å². The van der Waals surface area contributed by atoms with Crippen LogP contribution in [0.2, 0.25) is 5.02 Å². The minimum absolute atomic E-state index is 0.0345. The Morgan fingerprint density at radius 3 is 2.49 bits per heavy atom. The van der Waals surface area contributed by atoms with Crippen LogP contribution in [0.25, 0.3) is 0 Å². The van der Waals surface area contributed by atoms with Crippen molar-refractivity contribution in [1.29, 1.82) is 0 Å². The first-order valence-electron chi connectivity index (χ1n) is 13.3. The van der Waals surface area contributed by atoms with E-state index in [0.717, 1.165) is 36.7 Å². The minimum Gasteiger partial charge on any atom is -0.356 e. The number of benzene rings is 2. The number of rotatable bonds is 8. The summed E-state index contributed by atoms with van der Waals surface area (Å²) in [6.45, 7) is 7.09. The average molecular weight is 575 g/mol. The monoisotopic (exact) mass is 574 g/mol. The highest BCUT2D eigenvalue weighted by Gasteiger charge is 2.42. The fourth-order valence-corrected chi connectivity index (χ4v) is 7.38. The lowest BCUT2D eigenvalue weighted by Crippen LogP contribution is -2.53. The Labute approximate surface area is 234 Å². The number of fused-ring (bicyclic) bond motifs is 1. The van der Waals surface area contributed by atoms with Crippen LogP contribution in [0, 0.1) is 19.8 Å². The van der Waals surface area contributed by atoms with Crippen molar-refractivity contribution in [3.8, 4) is 0 Å². The lowest BCUT2D eigenvalue weighted by atomic mass is 9.93. The molecule has 2 aromatic carbocycles. The number of amides is 3. The molecule has 1 atom stereocenters. The molecule has 11 heteroatoms. The normalized spacial score (nSPS) is 17.9. The van der Waals surface area contributed by atoms with Crippen molar-refractivity contribution >= 4 is 50.7 Å². The molecule has 9 nitrogen and oxygen atoms in total. The van der Waals surface area contributed by atoms with E-state index >= 15 is 0 Å². The molecule has 1 unspecified atom stereocenters. The largest absolute Gasteiger partial charge is 0.356 e. The van der Waals surface area contributed by atoms with E-state index in [2.05, 4.69) is 10.6 Å². The quantitative estimate of drug-likeness (QED) is 0.494. The lowest BCUT2D eigenvalue weighted by Gasteiger charge is -2.37. The number of sulfonamides is 1. The predicted octanol–water partition coefficient (Wildman–Crippen LogP) is 4.02. The summed E-state index contributed by atoms with van der Waals surface area (Å²) in [6.07, 6.45) is 2.70. The van der Waals surface area contributed by atoms with E-state index in [1.165, 1.54) is 6.07 Å². The number of anilines is 2. The van der Waals surface area contributed by atoms with Gasteiger partial charge < -0.3 is 15.5 Å². The van der Waals surface area contributed by atoms with Gasteiger partial charge in [0.25, 0.3) is 10.0 Å². The zero-order valence-electron chi connectivity index (χ0n) is 22.5. The van der Waals surface area contributed by atoms with Gasteiger partial charge in [-0.3, -0.25) is 18.7 Å². The third-order valence-corrected chi connectivity index (χ3v) is 9.87. The predicted molar refractivity (Wildman–Crippen MR) is 151 cm³/mol. The van der Waals surface area contributed by atoms with Crippen LogP contribution in [0.15, 0.2) is 41.3 Å². The third kappa shape index (κ3) is 6.22. The van der Waals surface area contributed by atoms with Crippen LogP contribution in [0.4, 0.5) is 11.4 Å². The smallest absolute Gasteiger partial charge is 0.265 e. The summed E-state index contributed by atoms with van der Waals surface area (Å²) in [5.41, 5.74) is 1.70. The Morgan fingerprint density at radius 1 is 1.10 bits per heavy atom. The van der Waals surface area contributed by atoms with Crippen LogP contribution in [0.1, 0.15) is 50.2 Å². The summed E-state index contributed by atoms with van der Waals surface area (Å²) in [4.78, 5) is 40.0. The lowest BCUT2D eigenvalue weighted by molar-refractivity contribution is -0.132. The molecular weight excluding hydrogens is 540 g/mol. The first-order chi connectivity index (χ1) is 18.5. The van der Waals surface area contributed by atoms with E-state index in [1.807, 2.05) is 11.8 Å². The minimum atomic E-state index is -4.22. The highest BCUT2D eigenvalue weighted by Crippen LogP contribution is 2.38. The molecule has 2 aromatic rings. The van der Waals surface area contributed by atoms with E-state index < -0.39 is 27.9 Å². The molecular formula is C28H35ClN4O5S. The van der Waals surface area contributed by atoms with Crippen LogP contribution in [-0.4, -0.2) is 56.7 Å².